The molecule has 3 rings (SSSR count). The minimum atomic E-state index is -0.580. The molecule has 0 spiro atoms. The molecule has 0 aliphatic rings. The van der Waals surface area contributed by atoms with E-state index in [0.717, 1.165) is 5.56 Å². The molecular weight excluding hydrogens is 346 g/mol. The summed E-state index contributed by atoms with van der Waals surface area (Å²) in [7, 11) is 1.34. The lowest BCUT2D eigenvalue weighted by Crippen LogP contribution is -2.30. The van der Waals surface area contributed by atoms with Crippen molar-refractivity contribution in [3.8, 4) is 5.75 Å². The number of methoxy groups -OCH3 is 1. The van der Waals surface area contributed by atoms with Gasteiger partial charge in [0, 0.05) is 17.8 Å². The molecule has 3 aromatic rings. The largest absolute Gasteiger partial charge is 0.490 e. The Balaban J connectivity index is 1.94. The van der Waals surface area contributed by atoms with Crippen LogP contribution >= 0.6 is 0 Å². The molecule has 1 aromatic heterocycles. The van der Waals surface area contributed by atoms with E-state index in [9.17, 15) is 14.9 Å². The van der Waals surface area contributed by atoms with E-state index in [0.29, 0.717) is 5.69 Å². The lowest BCUT2D eigenvalue weighted by molar-refractivity contribution is -0.385. The number of amides is 1. The van der Waals surface area contributed by atoms with Gasteiger partial charge in [0.1, 0.15) is 0 Å². The Kier molecular flexibility index (Phi) is 5.41. The van der Waals surface area contributed by atoms with Crippen LogP contribution in [0.4, 0.5) is 5.69 Å². The molecule has 136 valence electrons. The normalized spacial score (nSPS) is 11.4. The molecule has 0 fully saturated rings. The van der Waals surface area contributed by atoms with Crippen molar-refractivity contribution in [2.45, 2.75) is 6.04 Å². The van der Waals surface area contributed by atoms with Crippen molar-refractivity contribution in [2.24, 2.45) is 0 Å². The summed E-state index contributed by atoms with van der Waals surface area (Å²) in [5.41, 5.74) is 1.42. The van der Waals surface area contributed by atoms with Gasteiger partial charge in [-0.2, -0.15) is 0 Å². The minimum Gasteiger partial charge on any atom is -0.490 e. The summed E-state index contributed by atoms with van der Waals surface area (Å²) in [6.45, 7) is 0. The molecule has 1 amide bonds. The van der Waals surface area contributed by atoms with Crippen molar-refractivity contribution in [3.63, 3.8) is 0 Å². The number of carbonyl (C=O) groups excluding carboxylic acids is 1. The second kappa shape index (κ2) is 8.09. The number of rotatable bonds is 6. The summed E-state index contributed by atoms with van der Waals surface area (Å²) in [4.78, 5) is 27.7. The second-order valence-electron chi connectivity index (χ2n) is 5.72. The highest BCUT2D eigenvalue weighted by molar-refractivity contribution is 5.95. The fourth-order valence-electron chi connectivity index (χ4n) is 2.71. The van der Waals surface area contributed by atoms with Crippen LogP contribution in [-0.2, 0) is 0 Å². The van der Waals surface area contributed by atoms with Crippen LogP contribution in [0.2, 0.25) is 0 Å². The standard InChI is InChI=1S/C20H17N3O4/c1-27-18-11-10-15(13-17(18)23(25)26)20(24)22-19(14-7-3-2-4-8-14)16-9-5-6-12-21-16/h2-13,19H,1H3,(H,22,24). The van der Waals surface area contributed by atoms with Gasteiger partial charge in [-0.1, -0.05) is 36.4 Å². The number of nitrogens with one attached hydrogen (secondary N) is 1. The van der Waals surface area contributed by atoms with E-state index in [1.807, 2.05) is 42.5 Å². The molecule has 1 N–H and O–H groups in total. The smallest absolute Gasteiger partial charge is 0.311 e. The number of benzene rings is 2. The number of hydrogen-bond donors (Lipinski definition) is 1. The average Bonchev–Trinajstić information content (AvgIpc) is 2.72. The molecule has 0 saturated heterocycles. The maximum Gasteiger partial charge on any atom is 0.311 e. The topological polar surface area (TPSA) is 94.4 Å². The first-order chi connectivity index (χ1) is 13.1. The monoisotopic (exact) mass is 363 g/mol. The van der Waals surface area contributed by atoms with Gasteiger partial charge in [0.15, 0.2) is 5.75 Å². The first-order valence-corrected chi connectivity index (χ1v) is 8.19. The fourth-order valence-corrected chi connectivity index (χ4v) is 2.71. The molecule has 0 radical (unpaired) electrons. The van der Waals surface area contributed by atoms with E-state index < -0.39 is 16.9 Å². The summed E-state index contributed by atoms with van der Waals surface area (Å²) >= 11 is 0. The maximum absolute atomic E-state index is 12.8. The Hall–Kier alpha value is -3.74. The number of nitro groups is 1. The van der Waals surface area contributed by atoms with Crippen LogP contribution in [0.5, 0.6) is 5.75 Å². The van der Waals surface area contributed by atoms with Gasteiger partial charge in [-0.15, -0.1) is 0 Å². The van der Waals surface area contributed by atoms with Gasteiger partial charge in [-0.25, -0.2) is 0 Å². The van der Waals surface area contributed by atoms with E-state index in [1.54, 1.807) is 12.3 Å². The molecule has 0 aliphatic heterocycles. The van der Waals surface area contributed by atoms with Gasteiger partial charge in [0.25, 0.3) is 5.91 Å². The molecule has 0 bridgehead atoms. The Morgan fingerprint density at radius 2 is 1.85 bits per heavy atom. The van der Waals surface area contributed by atoms with E-state index >= 15 is 0 Å². The third-order valence-electron chi connectivity index (χ3n) is 4.03. The quantitative estimate of drug-likeness (QED) is 0.534. The van der Waals surface area contributed by atoms with Crippen molar-refractivity contribution >= 4 is 11.6 Å². The van der Waals surface area contributed by atoms with Crippen molar-refractivity contribution < 1.29 is 14.5 Å². The number of aromatic nitrogens is 1. The third kappa shape index (κ3) is 4.09. The SMILES string of the molecule is COc1ccc(C(=O)NC(c2ccccc2)c2ccccn2)cc1[N+](=O)[O-]. The van der Waals surface area contributed by atoms with Crippen LogP contribution in [0, 0.1) is 10.1 Å². The molecule has 0 saturated carbocycles. The Bertz CT molecular complexity index is 906. The van der Waals surface area contributed by atoms with E-state index in [2.05, 4.69) is 10.3 Å². The number of nitro benzene ring substituents is 1. The second-order valence-corrected chi connectivity index (χ2v) is 5.72. The fraction of sp³-hybridized carbons (Fsp3) is 0.100. The summed E-state index contributed by atoms with van der Waals surface area (Å²) in [5.74, 6) is -0.346. The summed E-state index contributed by atoms with van der Waals surface area (Å²) < 4.78 is 4.98. The zero-order valence-corrected chi connectivity index (χ0v) is 14.5. The molecule has 7 heteroatoms. The number of pyridine rings is 1. The lowest BCUT2D eigenvalue weighted by Gasteiger charge is -2.19. The highest BCUT2D eigenvalue weighted by Gasteiger charge is 2.22. The van der Waals surface area contributed by atoms with Gasteiger partial charge < -0.3 is 10.1 Å². The van der Waals surface area contributed by atoms with Crippen LogP contribution in [0.3, 0.4) is 0 Å². The predicted octanol–water partition coefficient (Wildman–Crippen LogP) is 3.52. The van der Waals surface area contributed by atoms with E-state index in [1.165, 1.54) is 25.3 Å². The van der Waals surface area contributed by atoms with Gasteiger partial charge in [-0.3, -0.25) is 19.9 Å². The van der Waals surface area contributed by atoms with E-state index in [-0.39, 0.29) is 17.0 Å². The van der Waals surface area contributed by atoms with Crippen LogP contribution in [-0.4, -0.2) is 22.9 Å². The molecular formula is C20H17N3O4. The summed E-state index contributed by atoms with van der Waals surface area (Å²) in [5, 5.41) is 14.1. The Morgan fingerprint density at radius 1 is 1.11 bits per heavy atom. The number of hydrogen-bond acceptors (Lipinski definition) is 5. The molecule has 2 aromatic carbocycles. The van der Waals surface area contributed by atoms with Crippen LogP contribution in [0.1, 0.15) is 27.7 Å². The van der Waals surface area contributed by atoms with Crippen molar-refractivity contribution in [1.82, 2.24) is 10.3 Å². The number of nitrogens with zero attached hydrogens (tertiary/aromatic N) is 2. The molecule has 1 heterocycles. The van der Waals surface area contributed by atoms with Gasteiger partial charge in [-0.05, 0) is 29.8 Å². The lowest BCUT2D eigenvalue weighted by atomic mass is 10.0. The molecule has 1 atom stereocenters. The van der Waals surface area contributed by atoms with Crippen molar-refractivity contribution in [3.05, 3.63) is 99.9 Å². The minimum absolute atomic E-state index is 0.0980. The van der Waals surface area contributed by atoms with Gasteiger partial charge in [0.05, 0.1) is 23.8 Å². The van der Waals surface area contributed by atoms with Crippen LogP contribution < -0.4 is 10.1 Å². The zero-order chi connectivity index (χ0) is 19.2. The van der Waals surface area contributed by atoms with Crippen molar-refractivity contribution in [1.29, 1.82) is 0 Å². The first kappa shape index (κ1) is 18.1. The molecule has 7 nitrogen and oxygen atoms in total. The summed E-state index contributed by atoms with van der Waals surface area (Å²) in [6.07, 6.45) is 1.65. The molecule has 1 unspecified atom stereocenters. The summed E-state index contributed by atoms with van der Waals surface area (Å²) in [6, 6.07) is 18.4. The van der Waals surface area contributed by atoms with Crippen LogP contribution in [0.15, 0.2) is 72.9 Å². The Morgan fingerprint density at radius 3 is 2.48 bits per heavy atom. The van der Waals surface area contributed by atoms with Gasteiger partial charge in [0.2, 0.25) is 0 Å². The highest BCUT2D eigenvalue weighted by atomic mass is 16.6. The van der Waals surface area contributed by atoms with Gasteiger partial charge >= 0.3 is 5.69 Å². The maximum atomic E-state index is 12.8. The number of ether oxygens (including phenoxy) is 1. The zero-order valence-electron chi connectivity index (χ0n) is 14.5. The first-order valence-electron chi connectivity index (χ1n) is 8.19. The molecule has 27 heavy (non-hydrogen) atoms. The predicted molar refractivity (Wildman–Crippen MR) is 99.6 cm³/mol. The van der Waals surface area contributed by atoms with Crippen molar-refractivity contribution in [2.75, 3.05) is 7.11 Å². The van der Waals surface area contributed by atoms with Crippen LogP contribution in [0.25, 0.3) is 0 Å². The highest BCUT2D eigenvalue weighted by Crippen LogP contribution is 2.28. The molecule has 0 aliphatic carbocycles. The van der Waals surface area contributed by atoms with E-state index in [4.69, 9.17) is 4.74 Å². The Labute approximate surface area is 155 Å². The number of carbonyl (C=O) groups is 1. The third-order valence-corrected chi connectivity index (χ3v) is 4.03. The average molecular weight is 363 g/mol.